The van der Waals surface area contributed by atoms with Crippen molar-refractivity contribution in [2.75, 3.05) is 52.4 Å². The number of anilines is 2. The van der Waals surface area contributed by atoms with Crippen LogP contribution in [0.25, 0.3) is 22.0 Å². The van der Waals surface area contributed by atoms with Crippen LogP contribution in [0.1, 0.15) is 12.0 Å². The standard InChI is InChI=1S/C30H33N5O6/c1-20-6-4-7-26(35(37)38)29(20)32-28-18-27-22(19-31-28)16-25(21-14-23(39-2)17-24(15-21)40-3)30(36)34(27)9-5-8-33-10-12-41-13-11-33/h4,6-7,14-19H,5,8-13H2,1-3H3,(H,31,32). The van der Waals surface area contributed by atoms with Crippen LogP contribution >= 0.6 is 0 Å². The molecule has 0 aliphatic carbocycles. The highest BCUT2D eigenvalue weighted by Gasteiger charge is 2.19. The molecule has 2 aromatic carbocycles. The second-order valence-corrected chi connectivity index (χ2v) is 9.90. The Kier molecular flexibility index (Phi) is 8.46. The normalized spacial score (nSPS) is 13.7. The summed E-state index contributed by atoms with van der Waals surface area (Å²) >= 11 is 0. The number of benzene rings is 2. The monoisotopic (exact) mass is 559 g/mol. The maximum absolute atomic E-state index is 14.0. The van der Waals surface area contributed by atoms with E-state index >= 15 is 0 Å². The first kappa shape index (κ1) is 28.1. The minimum atomic E-state index is -0.424. The van der Waals surface area contributed by atoms with Crippen molar-refractivity contribution in [3.8, 4) is 22.6 Å². The van der Waals surface area contributed by atoms with E-state index in [2.05, 4.69) is 15.2 Å². The Balaban J connectivity index is 1.58. The molecule has 11 nitrogen and oxygen atoms in total. The number of para-hydroxylation sites is 1. The lowest BCUT2D eigenvalue weighted by atomic mass is 10.0. The number of hydrogen-bond acceptors (Lipinski definition) is 9. The van der Waals surface area contributed by atoms with Gasteiger partial charge >= 0.3 is 0 Å². The van der Waals surface area contributed by atoms with Crippen molar-refractivity contribution < 1.29 is 19.1 Å². The highest BCUT2D eigenvalue weighted by molar-refractivity contribution is 5.86. The summed E-state index contributed by atoms with van der Waals surface area (Å²) in [5.74, 6) is 1.57. The molecule has 0 saturated carbocycles. The fourth-order valence-corrected chi connectivity index (χ4v) is 5.10. The van der Waals surface area contributed by atoms with Crippen molar-refractivity contribution >= 4 is 28.1 Å². The highest BCUT2D eigenvalue weighted by Crippen LogP contribution is 2.32. The molecule has 0 radical (unpaired) electrons. The second-order valence-electron chi connectivity index (χ2n) is 9.90. The fraction of sp³-hybridized carbons (Fsp3) is 0.333. The number of aryl methyl sites for hydroxylation is 2. The fourth-order valence-electron chi connectivity index (χ4n) is 5.10. The molecule has 1 aliphatic heterocycles. The van der Waals surface area contributed by atoms with Gasteiger partial charge < -0.3 is 24.1 Å². The molecule has 4 aromatic rings. The number of methoxy groups -OCH3 is 2. The van der Waals surface area contributed by atoms with Crippen LogP contribution in [0.3, 0.4) is 0 Å². The molecule has 3 heterocycles. The maximum Gasteiger partial charge on any atom is 0.292 e. The molecule has 1 fully saturated rings. The molecule has 1 N–H and O–H groups in total. The molecule has 0 amide bonds. The lowest BCUT2D eigenvalue weighted by molar-refractivity contribution is -0.384. The van der Waals surface area contributed by atoms with E-state index in [1.807, 2.05) is 18.2 Å². The molecule has 1 saturated heterocycles. The van der Waals surface area contributed by atoms with E-state index < -0.39 is 4.92 Å². The summed E-state index contributed by atoms with van der Waals surface area (Å²) in [5, 5.41) is 15.5. The number of fused-ring (bicyclic) bond motifs is 1. The van der Waals surface area contributed by atoms with Gasteiger partial charge in [-0.3, -0.25) is 19.8 Å². The average Bonchev–Trinajstić information content (AvgIpc) is 2.99. The third kappa shape index (κ3) is 6.16. The number of morpholine rings is 1. The summed E-state index contributed by atoms with van der Waals surface area (Å²) in [6.45, 7) is 6.27. The summed E-state index contributed by atoms with van der Waals surface area (Å²) in [5.41, 5.74) is 2.73. The summed E-state index contributed by atoms with van der Waals surface area (Å²) in [6, 6.07) is 13.9. The number of rotatable bonds is 10. The van der Waals surface area contributed by atoms with Gasteiger partial charge in [-0.15, -0.1) is 0 Å². The summed E-state index contributed by atoms with van der Waals surface area (Å²) in [7, 11) is 3.14. The number of hydrogen-bond donors (Lipinski definition) is 1. The Labute approximate surface area is 237 Å². The largest absolute Gasteiger partial charge is 0.497 e. The number of aromatic nitrogens is 2. The summed E-state index contributed by atoms with van der Waals surface area (Å²) in [6.07, 6.45) is 2.44. The number of nitrogens with one attached hydrogen (secondary N) is 1. The van der Waals surface area contributed by atoms with Gasteiger partial charge in [0.15, 0.2) is 0 Å². The third-order valence-corrected chi connectivity index (χ3v) is 7.30. The molecule has 1 aliphatic rings. The van der Waals surface area contributed by atoms with Gasteiger partial charge in [0.2, 0.25) is 0 Å². The number of ether oxygens (including phenoxy) is 3. The lowest BCUT2D eigenvalue weighted by Crippen LogP contribution is -2.37. The van der Waals surface area contributed by atoms with E-state index in [1.54, 1.807) is 56.2 Å². The topological polar surface area (TPSA) is 121 Å². The van der Waals surface area contributed by atoms with Gasteiger partial charge in [-0.1, -0.05) is 12.1 Å². The van der Waals surface area contributed by atoms with E-state index in [1.165, 1.54) is 6.07 Å². The minimum Gasteiger partial charge on any atom is -0.497 e. The number of nitro groups is 1. The van der Waals surface area contributed by atoms with Crippen LogP contribution in [0, 0.1) is 17.0 Å². The molecule has 41 heavy (non-hydrogen) atoms. The van der Waals surface area contributed by atoms with E-state index in [9.17, 15) is 14.9 Å². The molecule has 11 heteroatoms. The Hall–Kier alpha value is -4.48. The van der Waals surface area contributed by atoms with Gasteiger partial charge in [-0.05, 0) is 42.7 Å². The van der Waals surface area contributed by atoms with Gasteiger partial charge in [-0.25, -0.2) is 4.98 Å². The SMILES string of the molecule is COc1cc(OC)cc(-c2cc3cnc(Nc4c(C)cccc4[N+](=O)[O-])cc3n(CCCN3CCOCC3)c2=O)c1. The number of nitrogens with zero attached hydrogens (tertiary/aromatic N) is 4. The molecular weight excluding hydrogens is 526 g/mol. The van der Waals surface area contributed by atoms with Crippen LogP contribution in [-0.4, -0.2) is 66.4 Å². The highest BCUT2D eigenvalue weighted by atomic mass is 16.6. The van der Waals surface area contributed by atoms with E-state index in [0.717, 1.165) is 31.4 Å². The zero-order valence-electron chi connectivity index (χ0n) is 23.4. The lowest BCUT2D eigenvalue weighted by Gasteiger charge is -2.26. The molecule has 0 spiro atoms. The molecule has 0 unspecified atom stereocenters. The van der Waals surface area contributed by atoms with E-state index in [0.29, 0.717) is 65.0 Å². The van der Waals surface area contributed by atoms with Crippen LogP contribution in [0.15, 0.2) is 59.5 Å². The predicted octanol–water partition coefficient (Wildman–Crippen LogP) is 4.76. The third-order valence-electron chi connectivity index (χ3n) is 7.30. The molecule has 214 valence electrons. The van der Waals surface area contributed by atoms with Crippen molar-refractivity contribution in [3.05, 3.63) is 80.8 Å². The van der Waals surface area contributed by atoms with Gasteiger partial charge in [0, 0.05) is 61.5 Å². The van der Waals surface area contributed by atoms with Crippen LogP contribution in [0.4, 0.5) is 17.2 Å². The van der Waals surface area contributed by atoms with Crippen molar-refractivity contribution in [1.29, 1.82) is 0 Å². The van der Waals surface area contributed by atoms with Gasteiger partial charge in [-0.2, -0.15) is 0 Å². The minimum absolute atomic E-state index is 0.0443. The van der Waals surface area contributed by atoms with Crippen molar-refractivity contribution in [2.24, 2.45) is 0 Å². The zero-order valence-corrected chi connectivity index (χ0v) is 23.4. The smallest absolute Gasteiger partial charge is 0.292 e. The van der Waals surface area contributed by atoms with Gasteiger partial charge in [0.05, 0.1) is 37.9 Å². The first-order valence-corrected chi connectivity index (χ1v) is 13.5. The van der Waals surface area contributed by atoms with Crippen molar-refractivity contribution in [2.45, 2.75) is 19.9 Å². The molecule has 0 atom stereocenters. The predicted molar refractivity (Wildman–Crippen MR) is 158 cm³/mol. The first-order chi connectivity index (χ1) is 19.9. The molecule has 5 rings (SSSR count). The Bertz CT molecular complexity index is 1610. The van der Waals surface area contributed by atoms with Gasteiger partial charge in [0.25, 0.3) is 11.2 Å². The van der Waals surface area contributed by atoms with Crippen LogP contribution in [-0.2, 0) is 11.3 Å². The Morgan fingerprint density at radius 3 is 2.46 bits per heavy atom. The Morgan fingerprint density at radius 2 is 1.78 bits per heavy atom. The maximum atomic E-state index is 14.0. The molecular formula is C30H33N5O6. The number of nitro benzene ring substituents is 1. The van der Waals surface area contributed by atoms with E-state index in [-0.39, 0.29) is 11.2 Å². The van der Waals surface area contributed by atoms with Crippen molar-refractivity contribution in [3.63, 3.8) is 0 Å². The van der Waals surface area contributed by atoms with Crippen molar-refractivity contribution in [1.82, 2.24) is 14.5 Å². The summed E-state index contributed by atoms with van der Waals surface area (Å²) < 4.78 is 18.1. The van der Waals surface area contributed by atoms with Gasteiger partial charge in [0.1, 0.15) is 23.0 Å². The van der Waals surface area contributed by atoms with Crippen LogP contribution in [0.2, 0.25) is 0 Å². The molecule has 2 aromatic heterocycles. The zero-order chi connectivity index (χ0) is 28.9. The Morgan fingerprint density at radius 1 is 1.05 bits per heavy atom. The quantitative estimate of drug-likeness (QED) is 0.216. The second kappa shape index (κ2) is 12.4. The number of pyridine rings is 2. The molecule has 0 bridgehead atoms. The average molecular weight is 560 g/mol. The summed E-state index contributed by atoms with van der Waals surface area (Å²) in [4.78, 5) is 32.2. The van der Waals surface area contributed by atoms with Crippen LogP contribution < -0.4 is 20.3 Å². The van der Waals surface area contributed by atoms with Crippen LogP contribution in [0.5, 0.6) is 11.5 Å². The van der Waals surface area contributed by atoms with E-state index in [4.69, 9.17) is 14.2 Å². The first-order valence-electron chi connectivity index (χ1n) is 13.5.